The van der Waals surface area contributed by atoms with Crippen LogP contribution < -0.4 is 0 Å². The number of allylic oxidation sites excluding steroid dienone is 20. The third-order valence-electron chi connectivity index (χ3n) is 11.4. The first kappa shape index (κ1) is 63.8. The molecule has 6 nitrogen and oxygen atoms in total. The molecule has 0 bridgehead atoms. The third-order valence-corrected chi connectivity index (χ3v) is 11.4. The Morgan fingerprint density at radius 1 is 0.309 bits per heavy atom. The van der Waals surface area contributed by atoms with Gasteiger partial charge in [0, 0.05) is 19.3 Å². The predicted octanol–water partition coefficient (Wildman–Crippen LogP) is 18.5. The molecule has 0 saturated heterocycles. The summed E-state index contributed by atoms with van der Waals surface area (Å²) >= 11 is 0. The van der Waals surface area contributed by atoms with Crippen LogP contribution in [-0.4, -0.2) is 37.2 Å². The molecule has 0 N–H and O–H groups in total. The van der Waals surface area contributed by atoms with E-state index in [1.807, 2.05) is 60.8 Å². The Morgan fingerprint density at radius 2 is 0.588 bits per heavy atom. The Hall–Kier alpha value is -4.19. The van der Waals surface area contributed by atoms with Gasteiger partial charge in [-0.2, -0.15) is 0 Å². The minimum atomic E-state index is -0.814. The van der Waals surface area contributed by atoms with E-state index in [2.05, 4.69) is 81.5 Å². The summed E-state index contributed by atoms with van der Waals surface area (Å²) in [6.07, 6.45) is 76.1. The molecule has 0 radical (unpaired) electrons. The fraction of sp³-hybridized carbons (Fsp3) is 0.629. The normalized spacial score (nSPS) is 13.0. The first-order chi connectivity index (χ1) is 33.5. The van der Waals surface area contributed by atoms with Crippen LogP contribution >= 0.6 is 0 Å². The SMILES string of the molecule is CC\C=C/C=C\C=C/C=C\C=C\C=C/CCCCCC(=O)OC(COC(=O)CCCCCCC/C=C\CCCCCCCCCCC)COC(=O)CCCCCCCCC\C=C/C=C\C=C/CC. The number of hydrogen-bond acceptors (Lipinski definition) is 6. The molecule has 0 amide bonds. The average molecular weight is 941 g/mol. The van der Waals surface area contributed by atoms with E-state index in [0.29, 0.717) is 19.3 Å². The molecule has 0 aliphatic heterocycles. The van der Waals surface area contributed by atoms with E-state index in [1.54, 1.807) is 0 Å². The van der Waals surface area contributed by atoms with Crippen LogP contribution in [0.4, 0.5) is 0 Å². The Bertz CT molecular complexity index is 1450. The summed E-state index contributed by atoms with van der Waals surface area (Å²) in [5.41, 5.74) is 0. The smallest absolute Gasteiger partial charge is 0.306 e. The van der Waals surface area contributed by atoms with Crippen molar-refractivity contribution in [2.45, 2.75) is 239 Å². The van der Waals surface area contributed by atoms with Crippen LogP contribution in [0.25, 0.3) is 0 Å². The Balaban J connectivity index is 4.51. The molecule has 0 fully saturated rings. The molecule has 0 aromatic carbocycles. The second-order valence-corrected chi connectivity index (χ2v) is 17.9. The lowest BCUT2D eigenvalue weighted by atomic mass is 10.1. The maximum Gasteiger partial charge on any atom is 0.306 e. The Morgan fingerprint density at radius 3 is 0.956 bits per heavy atom. The van der Waals surface area contributed by atoms with E-state index in [0.717, 1.165) is 89.9 Å². The maximum absolute atomic E-state index is 12.8. The highest BCUT2D eigenvalue weighted by molar-refractivity contribution is 5.71. The van der Waals surface area contributed by atoms with Crippen LogP contribution in [-0.2, 0) is 28.6 Å². The maximum atomic E-state index is 12.8. The van der Waals surface area contributed by atoms with Gasteiger partial charge in [-0.25, -0.2) is 0 Å². The summed E-state index contributed by atoms with van der Waals surface area (Å²) in [7, 11) is 0. The highest BCUT2D eigenvalue weighted by atomic mass is 16.6. The molecule has 6 heteroatoms. The van der Waals surface area contributed by atoms with E-state index in [-0.39, 0.29) is 37.5 Å². The Kier molecular flexibility index (Phi) is 52.0. The predicted molar refractivity (Wildman–Crippen MR) is 293 cm³/mol. The van der Waals surface area contributed by atoms with E-state index in [1.165, 1.54) is 96.3 Å². The van der Waals surface area contributed by atoms with Crippen molar-refractivity contribution < 1.29 is 28.6 Å². The Labute approximate surface area is 418 Å². The van der Waals surface area contributed by atoms with Crippen molar-refractivity contribution in [2.24, 2.45) is 0 Å². The fourth-order valence-electron chi connectivity index (χ4n) is 7.29. The van der Waals surface area contributed by atoms with Gasteiger partial charge in [0.25, 0.3) is 0 Å². The second-order valence-electron chi connectivity index (χ2n) is 17.9. The molecule has 0 aromatic rings. The second kappa shape index (κ2) is 55.4. The van der Waals surface area contributed by atoms with Crippen molar-refractivity contribution in [3.05, 3.63) is 122 Å². The monoisotopic (exact) mass is 941 g/mol. The topological polar surface area (TPSA) is 78.9 Å². The zero-order valence-corrected chi connectivity index (χ0v) is 43.8. The van der Waals surface area contributed by atoms with E-state index in [4.69, 9.17) is 14.2 Å². The summed E-state index contributed by atoms with van der Waals surface area (Å²) < 4.78 is 16.8. The van der Waals surface area contributed by atoms with Crippen LogP contribution in [0.3, 0.4) is 0 Å². The van der Waals surface area contributed by atoms with Gasteiger partial charge in [0.2, 0.25) is 0 Å². The van der Waals surface area contributed by atoms with Gasteiger partial charge in [0.15, 0.2) is 6.10 Å². The van der Waals surface area contributed by atoms with Crippen molar-refractivity contribution in [1.29, 1.82) is 0 Å². The summed E-state index contributed by atoms with van der Waals surface area (Å²) in [6, 6.07) is 0. The fourth-order valence-corrected chi connectivity index (χ4v) is 7.29. The molecule has 1 atom stereocenters. The van der Waals surface area contributed by atoms with Crippen LogP contribution in [0, 0.1) is 0 Å². The lowest BCUT2D eigenvalue weighted by Crippen LogP contribution is -2.30. The summed E-state index contributed by atoms with van der Waals surface area (Å²) in [5.74, 6) is -0.975. The molecular weight excluding hydrogens is 841 g/mol. The summed E-state index contributed by atoms with van der Waals surface area (Å²) in [5, 5.41) is 0. The largest absolute Gasteiger partial charge is 0.462 e. The molecule has 0 heterocycles. The average Bonchev–Trinajstić information content (AvgIpc) is 3.34. The van der Waals surface area contributed by atoms with Gasteiger partial charge >= 0.3 is 17.9 Å². The van der Waals surface area contributed by atoms with Gasteiger partial charge in [0.05, 0.1) is 0 Å². The van der Waals surface area contributed by atoms with E-state index < -0.39 is 6.10 Å². The van der Waals surface area contributed by atoms with Crippen molar-refractivity contribution in [3.8, 4) is 0 Å². The summed E-state index contributed by atoms with van der Waals surface area (Å²) in [4.78, 5) is 38.1. The quantitative estimate of drug-likeness (QED) is 0.0199. The number of unbranched alkanes of at least 4 members (excludes halogenated alkanes) is 24. The summed E-state index contributed by atoms with van der Waals surface area (Å²) in [6.45, 7) is 6.31. The number of carbonyl (C=O) groups is 3. The van der Waals surface area contributed by atoms with Gasteiger partial charge in [0.1, 0.15) is 13.2 Å². The molecule has 0 spiro atoms. The van der Waals surface area contributed by atoms with Crippen molar-refractivity contribution in [1.82, 2.24) is 0 Å². The van der Waals surface area contributed by atoms with Gasteiger partial charge < -0.3 is 14.2 Å². The lowest BCUT2D eigenvalue weighted by Gasteiger charge is -2.18. The molecule has 68 heavy (non-hydrogen) atoms. The lowest BCUT2D eigenvalue weighted by molar-refractivity contribution is -0.167. The van der Waals surface area contributed by atoms with Gasteiger partial charge in [-0.3, -0.25) is 14.4 Å². The van der Waals surface area contributed by atoms with Gasteiger partial charge in [-0.1, -0.05) is 251 Å². The van der Waals surface area contributed by atoms with Crippen molar-refractivity contribution in [3.63, 3.8) is 0 Å². The standard InChI is InChI=1S/C62H100O6/c1-4-7-10-13-16-19-22-25-28-30-32-34-37-40-43-46-49-52-55-61(64)67-58-59(57-66-60(63)54-51-48-45-42-39-36-33-27-24-21-18-15-12-9-6-3)68-62(65)56-53-50-47-44-41-38-35-31-29-26-23-20-17-14-11-8-5-2/h8-9,11-12,14-15,17-18,20-21,23-24,26,29,31-32,34-35,38,41,59H,4-7,10,13,16,19,22,25,27-28,30,33,36-37,39-40,42-58H2,1-3H3/b11-8-,12-9-,17-14-,18-15-,23-20-,24-21-,29-26-,34-32-,35-31+,41-38-. The number of ether oxygens (including phenoxy) is 3. The molecule has 384 valence electrons. The third kappa shape index (κ3) is 52.8. The van der Waals surface area contributed by atoms with Gasteiger partial charge in [-0.05, 0) is 83.5 Å². The van der Waals surface area contributed by atoms with Crippen LogP contribution in [0.15, 0.2) is 122 Å². The molecule has 0 rings (SSSR count). The first-order valence-corrected chi connectivity index (χ1v) is 27.7. The number of hydrogen-bond donors (Lipinski definition) is 0. The minimum Gasteiger partial charge on any atom is -0.462 e. The highest BCUT2D eigenvalue weighted by Crippen LogP contribution is 2.14. The van der Waals surface area contributed by atoms with Gasteiger partial charge in [-0.15, -0.1) is 0 Å². The molecule has 1 unspecified atom stereocenters. The van der Waals surface area contributed by atoms with Crippen LogP contribution in [0.2, 0.25) is 0 Å². The van der Waals surface area contributed by atoms with Crippen molar-refractivity contribution >= 4 is 17.9 Å². The molecular formula is C62H100O6. The first-order valence-electron chi connectivity index (χ1n) is 27.7. The molecule has 0 aliphatic carbocycles. The number of esters is 3. The zero-order valence-electron chi connectivity index (χ0n) is 43.8. The molecule has 0 saturated carbocycles. The van der Waals surface area contributed by atoms with E-state index in [9.17, 15) is 14.4 Å². The number of carbonyl (C=O) groups excluding carboxylic acids is 3. The number of rotatable bonds is 48. The van der Waals surface area contributed by atoms with Crippen LogP contribution in [0.5, 0.6) is 0 Å². The van der Waals surface area contributed by atoms with Crippen LogP contribution in [0.1, 0.15) is 233 Å². The minimum absolute atomic E-state index is 0.108. The highest BCUT2D eigenvalue weighted by Gasteiger charge is 2.19. The zero-order chi connectivity index (χ0) is 49.3. The van der Waals surface area contributed by atoms with E-state index >= 15 is 0 Å². The molecule has 0 aromatic heterocycles. The van der Waals surface area contributed by atoms with Crippen molar-refractivity contribution in [2.75, 3.05) is 13.2 Å². The molecule has 0 aliphatic rings.